The van der Waals surface area contributed by atoms with E-state index in [9.17, 15) is 9.59 Å². The van der Waals surface area contributed by atoms with Gasteiger partial charge in [0.25, 0.3) is 0 Å². The van der Waals surface area contributed by atoms with Crippen LogP contribution in [0.5, 0.6) is 0 Å². The molecule has 1 aromatic heterocycles. The summed E-state index contributed by atoms with van der Waals surface area (Å²) in [5, 5.41) is 1.47. The lowest BCUT2D eigenvalue weighted by molar-refractivity contribution is 0.0469. The molecule has 0 saturated carbocycles. The molecule has 3 rings (SSSR count). The van der Waals surface area contributed by atoms with Gasteiger partial charge in [-0.2, -0.15) is 0 Å². The van der Waals surface area contributed by atoms with E-state index in [1.807, 2.05) is 24.3 Å². The molecule has 114 valence electrons. The van der Waals surface area contributed by atoms with Crippen molar-refractivity contribution in [3.63, 3.8) is 0 Å². The van der Waals surface area contributed by atoms with Gasteiger partial charge in [-0.05, 0) is 36.4 Å². The summed E-state index contributed by atoms with van der Waals surface area (Å²) in [4.78, 5) is 28.2. The summed E-state index contributed by atoms with van der Waals surface area (Å²) in [6.07, 6.45) is 0. The zero-order valence-electron chi connectivity index (χ0n) is 12.0. The Kier molecular flexibility index (Phi) is 4.35. The summed E-state index contributed by atoms with van der Waals surface area (Å²) >= 11 is 5.77. The largest absolute Gasteiger partial charge is 0.453 e. The predicted octanol–water partition coefficient (Wildman–Crippen LogP) is 3.93. The normalized spacial score (nSPS) is 10.5. The highest BCUT2D eigenvalue weighted by Crippen LogP contribution is 2.13. The first kappa shape index (κ1) is 15.2. The van der Waals surface area contributed by atoms with Gasteiger partial charge in [-0.15, -0.1) is 0 Å². The zero-order valence-corrected chi connectivity index (χ0v) is 12.8. The number of carbonyl (C=O) groups is 2. The summed E-state index contributed by atoms with van der Waals surface area (Å²) < 4.78 is 5.04. The third-order valence-corrected chi connectivity index (χ3v) is 3.56. The molecule has 2 aromatic carbocycles. The molecule has 0 unspecified atom stereocenters. The second kappa shape index (κ2) is 6.58. The van der Waals surface area contributed by atoms with Crippen LogP contribution in [0.25, 0.3) is 10.9 Å². The average Bonchev–Trinajstić information content (AvgIpc) is 2.59. The predicted molar refractivity (Wildman–Crippen MR) is 87.8 cm³/mol. The van der Waals surface area contributed by atoms with E-state index < -0.39 is 5.97 Å². The molecule has 23 heavy (non-hydrogen) atoms. The van der Waals surface area contributed by atoms with Crippen molar-refractivity contribution in [2.24, 2.45) is 0 Å². The number of carbonyl (C=O) groups excluding carboxylic acids is 2. The van der Waals surface area contributed by atoms with Crippen LogP contribution in [-0.2, 0) is 4.74 Å². The molecule has 0 bridgehead atoms. The van der Waals surface area contributed by atoms with Gasteiger partial charge in [-0.25, -0.2) is 9.78 Å². The maximum atomic E-state index is 12.0. The Morgan fingerprint density at radius 2 is 1.70 bits per heavy atom. The maximum Gasteiger partial charge on any atom is 0.357 e. The third-order valence-electron chi connectivity index (χ3n) is 3.31. The zero-order chi connectivity index (χ0) is 16.2. The Morgan fingerprint density at radius 1 is 0.957 bits per heavy atom. The van der Waals surface area contributed by atoms with Gasteiger partial charge >= 0.3 is 5.97 Å². The molecule has 0 aliphatic carbocycles. The van der Waals surface area contributed by atoms with Gasteiger partial charge in [0, 0.05) is 16.0 Å². The molecule has 0 spiro atoms. The molecule has 5 heteroatoms. The SMILES string of the molecule is O=C(COC(=O)c1ccc2ccccc2n1)c1ccc(Cl)cc1. The van der Waals surface area contributed by atoms with Crippen molar-refractivity contribution >= 4 is 34.3 Å². The van der Waals surface area contributed by atoms with E-state index in [1.165, 1.54) is 0 Å². The van der Waals surface area contributed by atoms with Crippen molar-refractivity contribution < 1.29 is 14.3 Å². The number of para-hydroxylation sites is 1. The number of ketones is 1. The van der Waals surface area contributed by atoms with Crippen molar-refractivity contribution in [2.45, 2.75) is 0 Å². The third kappa shape index (κ3) is 3.55. The molecule has 0 amide bonds. The number of halogens is 1. The van der Waals surface area contributed by atoms with E-state index >= 15 is 0 Å². The molecule has 0 radical (unpaired) electrons. The fourth-order valence-corrected chi connectivity index (χ4v) is 2.23. The molecule has 0 fully saturated rings. The van der Waals surface area contributed by atoms with Crippen LogP contribution in [0, 0.1) is 0 Å². The second-order valence-corrected chi connectivity index (χ2v) is 5.33. The first-order valence-corrected chi connectivity index (χ1v) is 7.33. The highest BCUT2D eigenvalue weighted by molar-refractivity contribution is 6.30. The van der Waals surface area contributed by atoms with Crippen molar-refractivity contribution in [3.8, 4) is 0 Å². The van der Waals surface area contributed by atoms with Crippen molar-refractivity contribution in [1.82, 2.24) is 4.98 Å². The first-order chi connectivity index (χ1) is 11.1. The Balaban J connectivity index is 1.68. The quantitative estimate of drug-likeness (QED) is 0.539. The van der Waals surface area contributed by atoms with Crippen LogP contribution in [0.15, 0.2) is 60.7 Å². The van der Waals surface area contributed by atoms with Gasteiger partial charge in [0.15, 0.2) is 12.4 Å². The smallest absolute Gasteiger partial charge is 0.357 e. The van der Waals surface area contributed by atoms with Crippen LogP contribution in [0.2, 0.25) is 5.02 Å². The molecular formula is C18H12ClNO3. The minimum Gasteiger partial charge on any atom is -0.453 e. The van der Waals surface area contributed by atoms with E-state index in [0.717, 1.165) is 5.39 Å². The van der Waals surface area contributed by atoms with Gasteiger partial charge in [0.2, 0.25) is 0 Å². The standard InChI is InChI=1S/C18H12ClNO3/c19-14-8-5-13(6-9-14)17(21)11-23-18(22)16-10-7-12-3-1-2-4-15(12)20-16/h1-10H,11H2. The number of benzene rings is 2. The van der Waals surface area contributed by atoms with Crippen LogP contribution in [0.4, 0.5) is 0 Å². The summed E-state index contributed by atoms with van der Waals surface area (Å²) in [6, 6.07) is 17.2. The highest BCUT2D eigenvalue weighted by atomic mass is 35.5. The Hall–Kier alpha value is -2.72. The lowest BCUT2D eigenvalue weighted by Gasteiger charge is -2.05. The molecule has 0 atom stereocenters. The van der Waals surface area contributed by atoms with Crippen molar-refractivity contribution in [2.75, 3.05) is 6.61 Å². The Labute approximate surface area is 137 Å². The van der Waals surface area contributed by atoms with Crippen molar-refractivity contribution in [1.29, 1.82) is 0 Å². The number of fused-ring (bicyclic) bond motifs is 1. The monoisotopic (exact) mass is 325 g/mol. The molecule has 0 N–H and O–H groups in total. The summed E-state index contributed by atoms with van der Waals surface area (Å²) in [6.45, 7) is -0.338. The number of pyridine rings is 1. The van der Waals surface area contributed by atoms with Gasteiger partial charge in [0.05, 0.1) is 5.52 Å². The Bertz CT molecular complexity index is 875. The molecule has 4 nitrogen and oxygen atoms in total. The highest BCUT2D eigenvalue weighted by Gasteiger charge is 2.13. The van der Waals surface area contributed by atoms with Gasteiger partial charge in [-0.3, -0.25) is 4.79 Å². The fraction of sp³-hybridized carbons (Fsp3) is 0.0556. The molecule has 3 aromatic rings. The van der Waals surface area contributed by atoms with Gasteiger partial charge in [-0.1, -0.05) is 35.9 Å². The number of ether oxygens (including phenoxy) is 1. The van der Waals surface area contributed by atoms with Crippen LogP contribution in [0.1, 0.15) is 20.8 Å². The summed E-state index contributed by atoms with van der Waals surface area (Å²) in [5.41, 5.74) is 1.31. The number of Topliss-reactive ketones (excluding diaryl/α,β-unsaturated/α-hetero) is 1. The molecule has 0 saturated heterocycles. The van der Waals surface area contributed by atoms with Crippen molar-refractivity contribution in [3.05, 3.63) is 76.9 Å². The van der Waals surface area contributed by atoms with Gasteiger partial charge < -0.3 is 4.74 Å². The second-order valence-electron chi connectivity index (χ2n) is 4.90. The molecular weight excluding hydrogens is 314 g/mol. The number of hydrogen-bond acceptors (Lipinski definition) is 4. The number of hydrogen-bond donors (Lipinski definition) is 0. The van der Waals surface area contributed by atoms with E-state index in [1.54, 1.807) is 36.4 Å². The summed E-state index contributed by atoms with van der Waals surface area (Å²) in [5.74, 6) is -0.922. The van der Waals surface area contributed by atoms with E-state index in [2.05, 4.69) is 4.98 Å². The van der Waals surface area contributed by atoms with E-state index in [-0.39, 0.29) is 18.1 Å². The fourth-order valence-electron chi connectivity index (χ4n) is 2.10. The minimum absolute atomic E-state index is 0.174. The lowest BCUT2D eigenvalue weighted by atomic mass is 10.1. The Morgan fingerprint density at radius 3 is 2.48 bits per heavy atom. The average molecular weight is 326 g/mol. The topological polar surface area (TPSA) is 56.3 Å². The minimum atomic E-state index is -0.627. The molecule has 0 aliphatic rings. The lowest BCUT2D eigenvalue weighted by Crippen LogP contribution is -2.15. The summed E-state index contributed by atoms with van der Waals surface area (Å²) in [7, 11) is 0. The number of nitrogens with zero attached hydrogens (tertiary/aromatic N) is 1. The number of esters is 1. The van der Waals surface area contributed by atoms with E-state index in [4.69, 9.17) is 16.3 Å². The molecule has 1 heterocycles. The van der Waals surface area contributed by atoms with Crippen LogP contribution in [-0.4, -0.2) is 23.3 Å². The van der Waals surface area contributed by atoms with Crippen LogP contribution in [0.3, 0.4) is 0 Å². The van der Waals surface area contributed by atoms with E-state index in [0.29, 0.717) is 16.1 Å². The van der Waals surface area contributed by atoms with Crippen LogP contribution >= 0.6 is 11.6 Å². The van der Waals surface area contributed by atoms with Gasteiger partial charge in [0.1, 0.15) is 5.69 Å². The number of aromatic nitrogens is 1. The van der Waals surface area contributed by atoms with Crippen LogP contribution < -0.4 is 0 Å². The number of rotatable bonds is 4. The molecule has 0 aliphatic heterocycles. The first-order valence-electron chi connectivity index (χ1n) is 6.95. The maximum absolute atomic E-state index is 12.0.